The third-order valence-electron chi connectivity index (χ3n) is 9.57. The summed E-state index contributed by atoms with van der Waals surface area (Å²) in [5.41, 5.74) is 0. The lowest BCUT2D eigenvalue weighted by atomic mass is 10.1. The molecule has 0 fully saturated rings. The first-order chi connectivity index (χ1) is 29.0. The largest absolute Gasteiger partial charge is 0.462 e. The van der Waals surface area contributed by atoms with E-state index in [-0.39, 0.29) is 37.5 Å². The molecule has 0 aliphatic rings. The van der Waals surface area contributed by atoms with Crippen molar-refractivity contribution in [3.63, 3.8) is 0 Å². The van der Waals surface area contributed by atoms with E-state index in [1.54, 1.807) is 0 Å². The van der Waals surface area contributed by atoms with Crippen LogP contribution in [0.1, 0.15) is 201 Å². The summed E-state index contributed by atoms with van der Waals surface area (Å²) in [5.74, 6) is -1.06. The van der Waals surface area contributed by atoms with Gasteiger partial charge in [0, 0.05) is 19.3 Å². The second kappa shape index (κ2) is 47.0. The van der Waals surface area contributed by atoms with E-state index in [1.807, 2.05) is 12.2 Å². The minimum atomic E-state index is -0.823. The van der Waals surface area contributed by atoms with Crippen molar-refractivity contribution in [3.05, 3.63) is 97.2 Å². The number of esters is 3. The van der Waals surface area contributed by atoms with Gasteiger partial charge in [-0.25, -0.2) is 0 Å². The second-order valence-corrected chi connectivity index (χ2v) is 15.2. The summed E-state index contributed by atoms with van der Waals surface area (Å²) in [4.78, 5) is 37.7. The van der Waals surface area contributed by atoms with E-state index >= 15 is 0 Å². The van der Waals surface area contributed by atoms with Crippen LogP contribution in [0.15, 0.2) is 97.2 Å². The van der Waals surface area contributed by atoms with Crippen LogP contribution in [0.2, 0.25) is 0 Å². The third kappa shape index (κ3) is 45.3. The Hall–Kier alpha value is -3.67. The first-order valence-electron chi connectivity index (χ1n) is 23.7. The molecule has 0 spiro atoms. The summed E-state index contributed by atoms with van der Waals surface area (Å²) >= 11 is 0. The molecule has 6 nitrogen and oxygen atoms in total. The third-order valence-corrected chi connectivity index (χ3v) is 9.57. The van der Waals surface area contributed by atoms with Crippen molar-refractivity contribution in [1.82, 2.24) is 0 Å². The smallest absolute Gasteiger partial charge is 0.306 e. The molecule has 0 aromatic heterocycles. The van der Waals surface area contributed by atoms with Gasteiger partial charge in [0.1, 0.15) is 13.2 Å². The summed E-state index contributed by atoms with van der Waals surface area (Å²) in [6, 6.07) is 0. The molecule has 1 unspecified atom stereocenters. The van der Waals surface area contributed by atoms with Crippen molar-refractivity contribution in [1.29, 1.82) is 0 Å². The maximum absolute atomic E-state index is 12.7. The zero-order valence-electron chi connectivity index (χ0n) is 38.0. The first-order valence-corrected chi connectivity index (χ1v) is 23.7. The SMILES string of the molecule is CC/C=C\C/C=C\C/C=C\C/C=C\C/C=C\CCC(=O)OCC(COC(=O)CCCC/C=C\C/C=C\CC)OC(=O)CCCCCCC/C=C\CCCCCCCCC. The Morgan fingerprint density at radius 3 is 1.19 bits per heavy atom. The molecule has 334 valence electrons. The molecule has 0 amide bonds. The van der Waals surface area contributed by atoms with Crippen molar-refractivity contribution in [2.75, 3.05) is 13.2 Å². The minimum Gasteiger partial charge on any atom is -0.462 e. The van der Waals surface area contributed by atoms with E-state index in [2.05, 4.69) is 106 Å². The Bertz CT molecular complexity index is 1220. The van der Waals surface area contributed by atoms with Crippen molar-refractivity contribution < 1.29 is 28.6 Å². The highest BCUT2D eigenvalue weighted by atomic mass is 16.6. The summed E-state index contributed by atoms with van der Waals surface area (Å²) in [6.07, 6.45) is 61.3. The lowest BCUT2D eigenvalue weighted by molar-refractivity contribution is -0.166. The molecule has 0 aliphatic heterocycles. The Morgan fingerprint density at radius 1 is 0.356 bits per heavy atom. The lowest BCUT2D eigenvalue weighted by Crippen LogP contribution is -2.30. The highest BCUT2D eigenvalue weighted by Gasteiger charge is 2.19. The average molecular weight is 819 g/mol. The van der Waals surface area contributed by atoms with E-state index < -0.39 is 6.10 Å². The summed E-state index contributed by atoms with van der Waals surface area (Å²) < 4.78 is 16.6. The van der Waals surface area contributed by atoms with E-state index in [9.17, 15) is 14.4 Å². The number of hydrogen-bond donors (Lipinski definition) is 0. The fourth-order valence-electron chi connectivity index (χ4n) is 6.05. The molecule has 6 heteroatoms. The van der Waals surface area contributed by atoms with Gasteiger partial charge in [-0.2, -0.15) is 0 Å². The highest BCUT2D eigenvalue weighted by molar-refractivity contribution is 5.71. The zero-order chi connectivity index (χ0) is 43.0. The van der Waals surface area contributed by atoms with E-state index in [1.165, 1.54) is 57.8 Å². The van der Waals surface area contributed by atoms with Gasteiger partial charge in [-0.05, 0) is 103 Å². The predicted octanol–water partition coefficient (Wildman–Crippen LogP) is 15.4. The van der Waals surface area contributed by atoms with Crippen LogP contribution in [-0.4, -0.2) is 37.2 Å². The van der Waals surface area contributed by atoms with E-state index in [0.717, 1.165) is 96.3 Å². The van der Waals surface area contributed by atoms with Crippen LogP contribution in [-0.2, 0) is 28.6 Å². The monoisotopic (exact) mass is 819 g/mol. The topological polar surface area (TPSA) is 78.9 Å². The molecule has 0 heterocycles. The van der Waals surface area contributed by atoms with Gasteiger partial charge in [0.2, 0.25) is 0 Å². The molecule has 0 radical (unpaired) electrons. The fourth-order valence-corrected chi connectivity index (χ4v) is 6.05. The quantitative estimate of drug-likeness (QED) is 0.0265. The molecule has 0 aromatic carbocycles. The van der Waals surface area contributed by atoms with Gasteiger partial charge in [0.15, 0.2) is 6.10 Å². The number of allylic oxidation sites excluding steroid dienone is 16. The molecular weight excluding hydrogens is 733 g/mol. The van der Waals surface area contributed by atoms with Gasteiger partial charge in [-0.15, -0.1) is 0 Å². The summed E-state index contributed by atoms with van der Waals surface area (Å²) in [7, 11) is 0. The van der Waals surface area contributed by atoms with Gasteiger partial charge in [0.25, 0.3) is 0 Å². The second-order valence-electron chi connectivity index (χ2n) is 15.2. The van der Waals surface area contributed by atoms with Crippen molar-refractivity contribution in [2.45, 2.75) is 207 Å². The molecule has 1 atom stereocenters. The van der Waals surface area contributed by atoms with Crippen LogP contribution in [0.4, 0.5) is 0 Å². The number of unbranched alkanes of at least 4 members (excludes halogenated alkanes) is 14. The lowest BCUT2D eigenvalue weighted by Gasteiger charge is -2.18. The number of ether oxygens (including phenoxy) is 3. The van der Waals surface area contributed by atoms with Gasteiger partial charge in [-0.3, -0.25) is 14.4 Å². The van der Waals surface area contributed by atoms with Crippen LogP contribution in [0, 0.1) is 0 Å². The molecule has 0 saturated carbocycles. The Kier molecular flexibility index (Phi) is 44.1. The van der Waals surface area contributed by atoms with Crippen molar-refractivity contribution >= 4 is 17.9 Å². The molecule has 0 bridgehead atoms. The number of rotatable bonds is 41. The van der Waals surface area contributed by atoms with Crippen LogP contribution in [0.5, 0.6) is 0 Å². The minimum absolute atomic E-state index is 0.122. The van der Waals surface area contributed by atoms with Crippen LogP contribution < -0.4 is 0 Å². The molecule has 0 aromatic rings. The van der Waals surface area contributed by atoms with Crippen LogP contribution in [0.25, 0.3) is 0 Å². The predicted molar refractivity (Wildman–Crippen MR) is 251 cm³/mol. The Balaban J connectivity index is 4.50. The van der Waals surface area contributed by atoms with Crippen molar-refractivity contribution in [2.24, 2.45) is 0 Å². The molecular formula is C53H86O6. The molecule has 59 heavy (non-hydrogen) atoms. The van der Waals surface area contributed by atoms with Gasteiger partial charge in [-0.1, -0.05) is 176 Å². The summed E-state index contributed by atoms with van der Waals surface area (Å²) in [5, 5.41) is 0. The molecule has 0 aliphatic carbocycles. The maximum Gasteiger partial charge on any atom is 0.306 e. The van der Waals surface area contributed by atoms with Gasteiger partial charge < -0.3 is 14.2 Å². The van der Waals surface area contributed by atoms with Gasteiger partial charge in [0.05, 0.1) is 0 Å². The average Bonchev–Trinajstić information content (AvgIpc) is 3.23. The summed E-state index contributed by atoms with van der Waals surface area (Å²) in [6.45, 7) is 6.27. The maximum atomic E-state index is 12.7. The zero-order valence-corrected chi connectivity index (χ0v) is 38.0. The number of carbonyl (C=O) groups is 3. The number of carbonyl (C=O) groups excluding carboxylic acids is 3. The van der Waals surface area contributed by atoms with E-state index in [4.69, 9.17) is 14.2 Å². The van der Waals surface area contributed by atoms with Crippen molar-refractivity contribution in [3.8, 4) is 0 Å². The standard InChI is InChI=1S/C53H86O6/c1-4-7-10-13-16-19-21-23-25-27-29-31-34-37-40-43-46-52(55)58-49-50(48-57-51(54)45-42-39-36-33-18-15-12-9-6-3)59-53(56)47-44-41-38-35-32-30-28-26-24-22-20-17-14-11-8-5-2/h7,9-10,12,16,18-19,23,25-26,28-29,31,33,37,40,50H,4-6,8,11,13-15,17,20-22,24,27,30,32,34-36,38-39,41-49H2,1-3H3/b10-7-,12-9-,19-16-,25-23-,28-26-,31-29-,33-18-,40-37-. The van der Waals surface area contributed by atoms with Gasteiger partial charge >= 0.3 is 17.9 Å². The number of hydrogen-bond acceptors (Lipinski definition) is 6. The van der Waals surface area contributed by atoms with Crippen LogP contribution >= 0.6 is 0 Å². The normalized spacial score (nSPS) is 12.9. The highest BCUT2D eigenvalue weighted by Crippen LogP contribution is 2.12. The Morgan fingerprint density at radius 2 is 0.695 bits per heavy atom. The molecule has 0 saturated heterocycles. The molecule has 0 rings (SSSR count). The fraction of sp³-hybridized carbons (Fsp3) is 0.642. The first kappa shape index (κ1) is 55.3. The van der Waals surface area contributed by atoms with Crippen LogP contribution in [0.3, 0.4) is 0 Å². The Labute approximate surface area is 362 Å². The molecule has 0 N–H and O–H groups in total. The van der Waals surface area contributed by atoms with E-state index in [0.29, 0.717) is 19.3 Å².